The highest BCUT2D eigenvalue weighted by Crippen LogP contribution is 1.48. The van der Waals surface area contributed by atoms with Crippen molar-refractivity contribution in [3.63, 3.8) is 0 Å². The van der Waals surface area contributed by atoms with E-state index in [1.807, 2.05) is 0 Å². The lowest BCUT2D eigenvalue weighted by Gasteiger charge is -1.97. The summed E-state index contributed by atoms with van der Waals surface area (Å²) in [6, 6.07) is -1.72. The van der Waals surface area contributed by atoms with Gasteiger partial charge in [-0.1, -0.05) is 0 Å². The number of carbonyl (C=O) groups is 2. The fourth-order valence-electron chi connectivity index (χ4n) is 0.123. The van der Waals surface area contributed by atoms with Crippen molar-refractivity contribution in [3.05, 3.63) is 0 Å². The van der Waals surface area contributed by atoms with Gasteiger partial charge in [0.25, 0.3) is 0 Å². The minimum absolute atomic E-state index is 0.858. The Balaban J connectivity index is 3.18. The molecule has 0 saturated carbocycles. The average Bonchev–Trinajstić information content (AvgIpc) is 1.61. The zero-order valence-corrected chi connectivity index (χ0v) is 3.97. The van der Waals surface area contributed by atoms with Gasteiger partial charge in [0.1, 0.15) is 0 Å². The van der Waals surface area contributed by atoms with Gasteiger partial charge in [0.15, 0.2) is 0 Å². The third-order valence-electron chi connectivity index (χ3n) is 0.309. The molecule has 0 aromatic heterocycles. The molecule has 0 aliphatic heterocycles. The van der Waals surface area contributed by atoms with Crippen LogP contribution < -0.4 is 22.3 Å². The van der Waals surface area contributed by atoms with Crippen LogP contribution in [-0.2, 0) is 0 Å². The maximum atomic E-state index is 9.74. The number of amides is 4. The molecule has 0 unspecified atom stereocenters. The Morgan fingerprint density at radius 3 is 1.38 bits per heavy atom. The third kappa shape index (κ3) is 4.54. The standard InChI is InChI=1S/C2H6N4O2/c3-1(7)5-6-2(4)8/h(H3,3,5,7)(H3,4,6,8)/i3+1,4+1,5+1,6+1. The van der Waals surface area contributed by atoms with E-state index in [1.54, 1.807) is 10.9 Å². The van der Waals surface area contributed by atoms with Gasteiger partial charge in [-0.25, -0.2) is 20.4 Å². The summed E-state index contributed by atoms with van der Waals surface area (Å²) in [5, 5.41) is 0. The molecule has 6 heteroatoms. The van der Waals surface area contributed by atoms with Gasteiger partial charge in [-0.15, -0.1) is 0 Å². The fraction of sp³-hybridized carbons (Fsp3) is 0. The lowest BCUT2D eigenvalue weighted by Crippen LogP contribution is -2.46. The highest BCUT2D eigenvalue weighted by molar-refractivity contribution is 5.77. The fourth-order valence-corrected chi connectivity index (χ4v) is 0.123. The average molecular weight is 122 g/mol. The number of rotatable bonds is 0. The van der Waals surface area contributed by atoms with E-state index in [4.69, 9.17) is 0 Å². The monoisotopic (exact) mass is 122 g/mol. The van der Waals surface area contributed by atoms with Crippen LogP contribution in [0.3, 0.4) is 0 Å². The van der Waals surface area contributed by atoms with E-state index in [2.05, 4.69) is 11.5 Å². The van der Waals surface area contributed by atoms with Crippen LogP contribution in [0, 0.1) is 0 Å². The molecule has 0 fully saturated rings. The van der Waals surface area contributed by atoms with Crippen LogP contribution in [0.1, 0.15) is 0 Å². The molecule has 0 atom stereocenters. The van der Waals surface area contributed by atoms with E-state index in [0.717, 1.165) is 0 Å². The van der Waals surface area contributed by atoms with Crippen LogP contribution in [0.5, 0.6) is 0 Å². The molecule has 0 aromatic carbocycles. The van der Waals surface area contributed by atoms with Crippen LogP contribution in [0.4, 0.5) is 9.59 Å². The molecule has 0 spiro atoms. The first-order chi connectivity index (χ1) is 3.63. The number of carbonyl (C=O) groups excluding carboxylic acids is 2. The van der Waals surface area contributed by atoms with Crippen molar-refractivity contribution in [2.24, 2.45) is 11.5 Å². The topological polar surface area (TPSA) is 110 Å². The van der Waals surface area contributed by atoms with E-state index in [0.29, 0.717) is 0 Å². The van der Waals surface area contributed by atoms with Crippen molar-refractivity contribution in [2.45, 2.75) is 0 Å². The van der Waals surface area contributed by atoms with Gasteiger partial charge in [0, 0.05) is 0 Å². The quantitative estimate of drug-likeness (QED) is 0.225. The van der Waals surface area contributed by atoms with Crippen LogP contribution in [0.25, 0.3) is 0 Å². The molecular weight excluding hydrogens is 116 g/mol. The van der Waals surface area contributed by atoms with Crippen molar-refractivity contribution < 1.29 is 9.59 Å². The summed E-state index contributed by atoms with van der Waals surface area (Å²) < 4.78 is 0. The SMILES string of the molecule is [15NH2]C(=O)[15NH][15NH]C([15NH2])=O. The molecule has 0 radical (unpaired) electrons. The predicted octanol–water partition coefficient (Wildman–Crippen LogP) is -1.76. The van der Waals surface area contributed by atoms with Crippen molar-refractivity contribution in [1.82, 2.24) is 10.9 Å². The molecule has 0 rings (SSSR count). The number of urea groups is 2. The number of nitrogens with two attached hydrogens (primary N) is 2. The second-order valence-corrected chi connectivity index (χ2v) is 0.979. The summed E-state index contributed by atoms with van der Waals surface area (Å²) >= 11 is 0. The maximum absolute atomic E-state index is 9.74. The Hall–Kier alpha value is -1.46. The summed E-state index contributed by atoms with van der Waals surface area (Å²) in [6.07, 6.45) is 0. The highest BCUT2D eigenvalue weighted by atomic mass is 16.4. The summed E-state index contributed by atoms with van der Waals surface area (Å²) in [4.78, 5) is 19.5. The molecule has 0 aromatic rings. The zero-order valence-electron chi connectivity index (χ0n) is 3.97. The summed E-state index contributed by atoms with van der Waals surface area (Å²) in [7, 11) is 0. The lowest BCUT2D eigenvalue weighted by atomic mass is 11.3. The molecular formula is C2H6N4O2. The number of hydrogen-bond acceptors (Lipinski definition) is 2. The van der Waals surface area contributed by atoms with Gasteiger partial charge in [-0.05, 0) is 0 Å². The zero-order chi connectivity index (χ0) is 6.57. The van der Waals surface area contributed by atoms with Crippen molar-refractivity contribution in [3.8, 4) is 0 Å². The number of hydrazine groups is 1. The van der Waals surface area contributed by atoms with E-state index in [9.17, 15) is 9.59 Å². The van der Waals surface area contributed by atoms with E-state index in [-0.39, 0.29) is 0 Å². The van der Waals surface area contributed by atoms with Gasteiger partial charge < -0.3 is 11.5 Å². The summed E-state index contributed by atoms with van der Waals surface area (Å²) in [6.45, 7) is 0. The van der Waals surface area contributed by atoms with E-state index in [1.165, 1.54) is 0 Å². The molecule has 0 bridgehead atoms. The van der Waals surface area contributed by atoms with Crippen molar-refractivity contribution in [2.75, 3.05) is 0 Å². The number of hydrogen-bond donors (Lipinski definition) is 4. The van der Waals surface area contributed by atoms with Gasteiger partial charge in [-0.3, -0.25) is 0 Å². The number of primary amides is 2. The number of nitrogens with one attached hydrogen (secondary N) is 2. The Morgan fingerprint density at radius 1 is 1.00 bits per heavy atom. The summed E-state index contributed by atoms with van der Waals surface area (Å²) in [5.74, 6) is 0. The van der Waals surface area contributed by atoms with Crippen molar-refractivity contribution in [1.29, 1.82) is 0 Å². The Kier molecular flexibility index (Phi) is 2.18. The van der Waals surface area contributed by atoms with Crippen LogP contribution in [-0.4, -0.2) is 12.1 Å². The Morgan fingerprint density at radius 2 is 1.25 bits per heavy atom. The normalized spacial score (nSPS) is 7.50. The highest BCUT2D eigenvalue weighted by Gasteiger charge is 1.89. The lowest BCUT2D eigenvalue weighted by molar-refractivity contribution is 0.233. The molecule has 0 aliphatic rings. The predicted molar refractivity (Wildman–Crippen MR) is 25.4 cm³/mol. The van der Waals surface area contributed by atoms with Crippen LogP contribution >= 0.6 is 0 Å². The first kappa shape index (κ1) is 6.54. The first-order valence-corrected chi connectivity index (χ1v) is 1.74. The molecule has 6 nitrogen and oxygen atoms in total. The van der Waals surface area contributed by atoms with Crippen LogP contribution in [0.2, 0.25) is 0 Å². The Bertz CT molecular complexity index is 96.6. The third-order valence-corrected chi connectivity index (χ3v) is 0.309. The molecule has 6 N–H and O–H groups in total. The minimum Gasteiger partial charge on any atom is -0.350 e. The smallest absolute Gasteiger partial charge is 0.330 e. The summed E-state index contributed by atoms with van der Waals surface area (Å²) in [5.41, 5.74) is 12.6. The van der Waals surface area contributed by atoms with Gasteiger partial charge >= 0.3 is 12.1 Å². The first-order valence-electron chi connectivity index (χ1n) is 1.74. The molecule has 8 heavy (non-hydrogen) atoms. The molecule has 4 amide bonds. The Labute approximate surface area is 45.2 Å². The second kappa shape index (κ2) is 2.67. The molecule has 0 aliphatic carbocycles. The molecule has 46 valence electrons. The van der Waals surface area contributed by atoms with E-state index >= 15 is 0 Å². The van der Waals surface area contributed by atoms with Gasteiger partial charge in [0.2, 0.25) is 0 Å². The van der Waals surface area contributed by atoms with Crippen LogP contribution in [0.15, 0.2) is 0 Å². The maximum Gasteiger partial charge on any atom is 0.330 e. The molecule has 0 heterocycles. The minimum atomic E-state index is -0.858. The van der Waals surface area contributed by atoms with Gasteiger partial charge in [-0.2, -0.15) is 0 Å². The van der Waals surface area contributed by atoms with Gasteiger partial charge in [0.05, 0.1) is 0 Å². The second-order valence-electron chi connectivity index (χ2n) is 0.979. The van der Waals surface area contributed by atoms with Crippen molar-refractivity contribution >= 4 is 12.1 Å². The largest absolute Gasteiger partial charge is 0.350 e. The van der Waals surface area contributed by atoms with E-state index < -0.39 is 12.1 Å². The molecule has 0 saturated heterocycles.